The molecule has 2 rings (SSSR count). The number of likely N-dealkylation sites (tertiary alicyclic amines) is 1. The Kier molecular flexibility index (Phi) is 4.36. The Hall–Kier alpha value is -1.36. The number of rotatable bonds is 5. The molecular formula is C13H23N5. The number of anilines is 2. The number of nitrogens with one attached hydrogen (secondary N) is 2. The van der Waals surface area contributed by atoms with Gasteiger partial charge < -0.3 is 15.5 Å². The molecule has 1 aliphatic rings. The van der Waals surface area contributed by atoms with Gasteiger partial charge in [-0.2, -0.15) is 0 Å². The highest BCUT2D eigenvalue weighted by molar-refractivity contribution is 5.40. The lowest BCUT2D eigenvalue weighted by molar-refractivity contribution is 0.266. The predicted octanol–water partition coefficient (Wildman–Crippen LogP) is 1.66. The van der Waals surface area contributed by atoms with Crippen LogP contribution in [0.25, 0.3) is 0 Å². The molecule has 1 saturated heterocycles. The molecule has 18 heavy (non-hydrogen) atoms. The quantitative estimate of drug-likeness (QED) is 0.831. The minimum absolute atomic E-state index is 0.655. The van der Waals surface area contributed by atoms with Gasteiger partial charge in [0.2, 0.25) is 0 Å². The molecule has 1 aromatic rings. The first-order valence-corrected chi connectivity index (χ1v) is 6.66. The average molecular weight is 249 g/mol. The summed E-state index contributed by atoms with van der Waals surface area (Å²) in [6, 6.07) is 0.655. The number of hydrogen-bond acceptors (Lipinski definition) is 5. The van der Waals surface area contributed by atoms with Crippen LogP contribution in [0.15, 0.2) is 12.4 Å². The van der Waals surface area contributed by atoms with Crippen LogP contribution in [0.2, 0.25) is 0 Å². The van der Waals surface area contributed by atoms with Gasteiger partial charge >= 0.3 is 0 Å². The topological polar surface area (TPSA) is 53.1 Å². The van der Waals surface area contributed by atoms with Gasteiger partial charge in [-0.3, -0.25) is 4.98 Å². The molecule has 5 nitrogen and oxygen atoms in total. The van der Waals surface area contributed by atoms with Crippen LogP contribution in [0.5, 0.6) is 0 Å². The summed E-state index contributed by atoms with van der Waals surface area (Å²) < 4.78 is 0. The van der Waals surface area contributed by atoms with E-state index in [-0.39, 0.29) is 0 Å². The van der Waals surface area contributed by atoms with Gasteiger partial charge in [0, 0.05) is 26.2 Å². The van der Waals surface area contributed by atoms with Crippen LogP contribution < -0.4 is 10.6 Å². The summed E-state index contributed by atoms with van der Waals surface area (Å²) in [7, 11) is 1.85. The minimum atomic E-state index is 0.655. The zero-order valence-electron chi connectivity index (χ0n) is 11.5. The molecule has 0 aliphatic carbocycles. The zero-order valence-corrected chi connectivity index (χ0v) is 11.5. The molecular weight excluding hydrogens is 226 g/mol. The van der Waals surface area contributed by atoms with Crippen molar-refractivity contribution in [2.75, 3.05) is 37.3 Å². The standard InChI is InChI=1S/C13H23N5/c1-10(2)18-5-4-11(9-18)6-16-13-8-15-7-12(14-3)17-13/h7-8,10-11H,4-6,9H2,1-3H3,(H2,14,16,17). The van der Waals surface area contributed by atoms with Crippen LogP contribution in [0.4, 0.5) is 11.6 Å². The molecule has 1 fully saturated rings. The van der Waals surface area contributed by atoms with Crippen LogP contribution in [0.1, 0.15) is 20.3 Å². The van der Waals surface area contributed by atoms with Crippen LogP contribution in [0, 0.1) is 5.92 Å². The number of nitrogens with zero attached hydrogens (tertiary/aromatic N) is 3. The third kappa shape index (κ3) is 3.32. The molecule has 0 aromatic carbocycles. The highest BCUT2D eigenvalue weighted by atomic mass is 15.2. The van der Waals surface area contributed by atoms with Gasteiger partial charge in [-0.25, -0.2) is 4.98 Å². The Morgan fingerprint density at radius 3 is 2.83 bits per heavy atom. The van der Waals surface area contributed by atoms with Crippen molar-refractivity contribution in [2.24, 2.45) is 5.92 Å². The van der Waals surface area contributed by atoms with Gasteiger partial charge in [0.05, 0.1) is 12.4 Å². The van der Waals surface area contributed by atoms with Gasteiger partial charge in [0.25, 0.3) is 0 Å². The minimum Gasteiger partial charge on any atom is -0.372 e. The van der Waals surface area contributed by atoms with E-state index in [2.05, 4.69) is 39.3 Å². The largest absolute Gasteiger partial charge is 0.372 e. The van der Waals surface area contributed by atoms with E-state index in [1.165, 1.54) is 19.5 Å². The molecule has 100 valence electrons. The predicted molar refractivity (Wildman–Crippen MR) is 74.9 cm³/mol. The maximum Gasteiger partial charge on any atom is 0.146 e. The molecule has 1 atom stereocenters. The molecule has 0 radical (unpaired) electrons. The first kappa shape index (κ1) is 13.1. The monoisotopic (exact) mass is 249 g/mol. The van der Waals surface area contributed by atoms with E-state index in [0.29, 0.717) is 12.0 Å². The summed E-state index contributed by atoms with van der Waals surface area (Å²) >= 11 is 0. The van der Waals surface area contributed by atoms with E-state index in [0.717, 1.165) is 18.2 Å². The second-order valence-electron chi connectivity index (χ2n) is 5.16. The molecule has 1 unspecified atom stereocenters. The molecule has 5 heteroatoms. The van der Waals surface area contributed by atoms with Gasteiger partial charge in [-0.05, 0) is 32.7 Å². The lowest BCUT2D eigenvalue weighted by Gasteiger charge is -2.20. The zero-order chi connectivity index (χ0) is 13.0. The molecule has 2 N–H and O–H groups in total. The van der Waals surface area contributed by atoms with Crippen molar-refractivity contribution in [1.29, 1.82) is 0 Å². The van der Waals surface area contributed by atoms with Gasteiger partial charge in [-0.1, -0.05) is 0 Å². The Labute approximate surface area is 109 Å². The van der Waals surface area contributed by atoms with Crippen molar-refractivity contribution in [3.63, 3.8) is 0 Å². The second kappa shape index (κ2) is 6.00. The van der Waals surface area contributed by atoms with Crippen LogP contribution in [-0.4, -0.2) is 47.6 Å². The van der Waals surface area contributed by atoms with E-state index >= 15 is 0 Å². The van der Waals surface area contributed by atoms with Crippen molar-refractivity contribution >= 4 is 11.6 Å². The summed E-state index contributed by atoms with van der Waals surface area (Å²) in [6.45, 7) is 7.90. The molecule has 0 bridgehead atoms. The fraction of sp³-hybridized carbons (Fsp3) is 0.692. The summed E-state index contributed by atoms with van der Waals surface area (Å²) in [5.41, 5.74) is 0. The van der Waals surface area contributed by atoms with Crippen molar-refractivity contribution in [2.45, 2.75) is 26.3 Å². The van der Waals surface area contributed by atoms with E-state index in [9.17, 15) is 0 Å². The number of aromatic nitrogens is 2. The van der Waals surface area contributed by atoms with Crippen LogP contribution in [-0.2, 0) is 0 Å². The first-order valence-electron chi connectivity index (χ1n) is 6.66. The molecule has 0 saturated carbocycles. The average Bonchev–Trinajstić information content (AvgIpc) is 2.85. The maximum absolute atomic E-state index is 4.41. The Morgan fingerprint density at radius 2 is 2.17 bits per heavy atom. The lowest BCUT2D eigenvalue weighted by Crippen LogP contribution is -2.29. The first-order chi connectivity index (χ1) is 8.69. The Morgan fingerprint density at radius 1 is 1.39 bits per heavy atom. The third-order valence-electron chi connectivity index (χ3n) is 3.51. The SMILES string of the molecule is CNc1cncc(NCC2CCN(C(C)C)C2)n1. The Bertz CT molecular complexity index is 379. The van der Waals surface area contributed by atoms with E-state index < -0.39 is 0 Å². The fourth-order valence-electron chi connectivity index (χ4n) is 2.32. The van der Waals surface area contributed by atoms with Crippen molar-refractivity contribution in [3.05, 3.63) is 12.4 Å². The lowest BCUT2D eigenvalue weighted by atomic mass is 10.1. The van der Waals surface area contributed by atoms with Crippen molar-refractivity contribution in [1.82, 2.24) is 14.9 Å². The summed E-state index contributed by atoms with van der Waals surface area (Å²) in [6.07, 6.45) is 4.77. The molecule has 0 amide bonds. The molecule has 1 aromatic heterocycles. The smallest absolute Gasteiger partial charge is 0.146 e. The third-order valence-corrected chi connectivity index (χ3v) is 3.51. The van der Waals surface area contributed by atoms with Crippen molar-refractivity contribution in [3.8, 4) is 0 Å². The highest BCUT2D eigenvalue weighted by Crippen LogP contribution is 2.19. The van der Waals surface area contributed by atoms with Crippen molar-refractivity contribution < 1.29 is 0 Å². The normalized spacial score (nSPS) is 20.3. The van der Waals surface area contributed by atoms with Crippen LogP contribution >= 0.6 is 0 Å². The summed E-state index contributed by atoms with van der Waals surface area (Å²) in [5.74, 6) is 2.37. The van der Waals surface area contributed by atoms with Gasteiger partial charge in [-0.15, -0.1) is 0 Å². The highest BCUT2D eigenvalue weighted by Gasteiger charge is 2.23. The van der Waals surface area contributed by atoms with Crippen LogP contribution in [0.3, 0.4) is 0 Å². The summed E-state index contributed by atoms with van der Waals surface area (Å²) in [5, 5.41) is 6.38. The van der Waals surface area contributed by atoms with Gasteiger partial charge in [0.15, 0.2) is 0 Å². The maximum atomic E-state index is 4.41. The second-order valence-corrected chi connectivity index (χ2v) is 5.16. The Balaban J connectivity index is 1.81. The van der Waals surface area contributed by atoms with E-state index in [1.807, 2.05) is 7.05 Å². The van der Waals surface area contributed by atoms with E-state index in [1.54, 1.807) is 12.4 Å². The van der Waals surface area contributed by atoms with Gasteiger partial charge in [0.1, 0.15) is 11.6 Å². The molecule has 0 spiro atoms. The fourth-order valence-corrected chi connectivity index (χ4v) is 2.32. The summed E-state index contributed by atoms with van der Waals surface area (Å²) in [4.78, 5) is 11.1. The molecule has 1 aliphatic heterocycles. The number of hydrogen-bond donors (Lipinski definition) is 2. The molecule has 2 heterocycles. The van der Waals surface area contributed by atoms with E-state index in [4.69, 9.17) is 0 Å².